The first-order valence-corrected chi connectivity index (χ1v) is 12.7. The van der Waals surface area contributed by atoms with E-state index < -0.39 is 0 Å². The van der Waals surface area contributed by atoms with Crippen molar-refractivity contribution in [1.29, 1.82) is 0 Å². The van der Waals surface area contributed by atoms with Gasteiger partial charge in [0.25, 0.3) is 5.91 Å². The standard InChI is InChI=1S/C28H30ClN5O4/c1-17(35)6-5-11-30-28-31-14-24(29)26(33-28)20-9-10-21-15-34(27(37)23(21)13-20)16-25(36)32-18(2)19-7-4-8-22(12-19)38-3/h4,7-10,12-14,18H,5-6,11,15-16H2,1-3H3,(H,32,36)(H,30,31,33)/t18-/m1/s1. The number of nitrogens with one attached hydrogen (secondary N) is 2. The number of anilines is 1. The minimum atomic E-state index is -0.249. The molecule has 2 amide bonds. The number of nitrogens with zero attached hydrogens (tertiary/aromatic N) is 3. The van der Waals surface area contributed by atoms with Gasteiger partial charge in [0.15, 0.2) is 0 Å². The molecule has 10 heteroatoms. The molecule has 0 spiro atoms. The van der Waals surface area contributed by atoms with Crippen molar-refractivity contribution in [2.24, 2.45) is 0 Å². The molecule has 38 heavy (non-hydrogen) atoms. The molecular formula is C28H30ClN5O4. The minimum Gasteiger partial charge on any atom is -0.497 e. The van der Waals surface area contributed by atoms with Gasteiger partial charge in [-0.3, -0.25) is 9.59 Å². The average Bonchev–Trinajstić information content (AvgIpc) is 3.21. The molecule has 0 aliphatic carbocycles. The molecule has 1 atom stereocenters. The van der Waals surface area contributed by atoms with E-state index in [0.717, 1.165) is 11.1 Å². The van der Waals surface area contributed by atoms with Crippen LogP contribution in [0.2, 0.25) is 5.02 Å². The van der Waals surface area contributed by atoms with Crippen LogP contribution in [0.4, 0.5) is 5.95 Å². The predicted molar refractivity (Wildman–Crippen MR) is 145 cm³/mol. The van der Waals surface area contributed by atoms with E-state index in [2.05, 4.69) is 20.6 Å². The Labute approximate surface area is 226 Å². The van der Waals surface area contributed by atoms with Crippen LogP contribution in [0.1, 0.15) is 54.2 Å². The lowest BCUT2D eigenvalue weighted by Crippen LogP contribution is -2.38. The maximum atomic E-state index is 13.2. The Hall–Kier alpha value is -3.98. The Balaban J connectivity index is 1.41. The van der Waals surface area contributed by atoms with E-state index in [4.69, 9.17) is 16.3 Å². The van der Waals surface area contributed by atoms with Gasteiger partial charge in [0.2, 0.25) is 11.9 Å². The summed E-state index contributed by atoms with van der Waals surface area (Å²) in [6, 6.07) is 12.7. The quantitative estimate of drug-likeness (QED) is 0.349. The van der Waals surface area contributed by atoms with E-state index in [1.807, 2.05) is 43.3 Å². The number of carbonyl (C=O) groups excluding carboxylic acids is 3. The van der Waals surface area contributed by atoms with Crippen molar-refractivity contribution in [2.45, 2.75) is 39.3 Å². The molecule has 0 unspecified atom stereocenters. The van der Waals surface area contributed by atoms with Gasteiger partial charge in [0.1, 0.15) is 18.1 Å². The summed E-state index contributed by atoms with van der Waals surface area (Å²) in [5.41, 5.74) is 3.43. The zero-order valence-corrected chi connectivity index (χ0v) is 22.3. The highest BCUT2D eigenvalue weighted by molar-refractivity contribution is 6.33. The van der Waals surface area contributed by atoms with Gasteiger partial charge in [-0.05, 0) is 49.6 Å². The Bertz CT molecular complexity index is 1360. The van der Waals surface area contributed by atoms with Crippen LogP contribution < -0.4 is 15.4 Å². The van der Waals surface area contributed by atoms with Crippen LogP contribution in [-0.4, -0.2) is 52.7 Å². The van der Waals surface area contributed by atoms with Gasteiger partial charge in [-0.25, -0.2) is 9.97 Å². The zero-order chi connectivity index (χ0) is 27.2. The van der Waals surface area contributed by atoms with Gasteiger partial charge >= 0.3 is 0 Å². The van der Waals surface area contributed by atoms with Crippen molar-refractivity contribution < 1.29 is 19.1 Å². The highest BCUT2D eigenvalue weighted by Crippen LogP contribution is 2.31. The summed E-state index contributed by atoms with van der Waals surface area (Å²) in [6.45, 7) is 4.28. The number of methoxy groups -OCH3 is 1. The highest BCUT2D eigenvalue weighted by atomic mass is 35.5. The number of ketones is 1. The molecule has 0 radical (unpaired) electrons. The maximum Gasteiger partial charge on any atom is 0.254 e. The van der Waals surface area contributed by atoms with Gasteiger partial charge < -0.3 is 25.1 Å². The molecule has 2 aromatic carbocycles. The van der Waals surface area contributed by atoms with E-state index >= 15 is 0 Å². The average molecular weight is 536 g/mol. The second kappa shape index (κ2) is 12.0. The van der Waals surface area contributed by atoms with Crippen LogP contribution in [0, 0.1) is 0 Å². The number of hydrogen-bond acceptors (Lipinski definition) is 7. The number of amides is 2. The molecule has 0 bridgehead atoms. The Kier molecular flexibility index (Phi) is 8.58. The second-order valence-corrected chi connectivity index (χ2v) is 9.63. The van der Waals surface area contributed by atoms with Gasteiger partial charge in [0.05, 0.1) is 30.1 Å². The fourth-order valence-corrected chi connectivity index (χ4v) is 4.48. The molecule has 198 valence electrons. The van der Waals surface area contributed by atoms with Gasteiger partial charge in [0, 0.05) is 30.6 Å². The number of Topliss-reactive ketones (excluding diaryl/α,β-unsaturated/α-hetero) is 1. The number of fused-ring (bicyclic) bond motifs is 1. The van der Waals surface area contributed by atoms with E-state index in [0.29, 0.717) is 59.5 Å². The minimum absolute atomic E-state index is 0.0558. The molecule has 1 aromatic heterocycles. The van der Waals surface area contributed by atoms with Crippen molar-refractivity contribution in [3.8, 4) is 17.0 Å². The molecule has 9 nitrogen and oxygen atoms in total. The smallest absolute Gasteiger partial charge is 0.254 e. The molecule has 0 saturated carbocycles. The molecule has 2 heterocycles. The van der Waals surface area contributed by atoms with E-state index in [1.165, 1.54) is 11.1 Å². The molecule has 1 aliphatic heterocycles. The van der Waals surface area contributed by atoms with E-state index in [-0.39, 0.29) is 30.2 Å². The SMILES string of the molecule is COc1cccc([C@@H](C)NC(=O)CN2Cc3ccc(-c4nc(NCCCC(C)=O)ncc4Cl)cc3C2=O)c1. The monoisotopic (exact) mass is 535 g/mol. The molecule has 0 saturated heterocycles. The Morgan fingerprint density at radius 1 is 1.21 bits per heavy atom. The summed E-state index contributed by atoms with van der Waals surface area (Å²) in [6.07, 6.45) is 2.66. The third kappa shape index (κ3) is 6.47. The van der Waals surface area contributed by atoms with Crippen molar-refractivity contribution in [2.75, 3.05) is 25.5 Å². The number of ether oxygens (including phenoxy) is 1. The number of halogens is 1. The zero-order valence-electron chi connectivity index (χ0n) is 21.6. The fourth-order valence-electron chi connectivity index (χ4n) is 4.28. The summed E-state index contributed by atoms with van der Waals surface area (Å²) in [5, 5.41) is 6.41. The van der Waals surface area contributed by atoms with Crippen LogP contribution >= 0.6 is 11.6 Å². The first kappa shape index (κ1) is 27.1. The van der Waals surface area contributed by atoms with Gasteiger partial charge in [-0.1, -0.05) is 35.9 Å². The van der Waals surface area contributed by atoms with Crippen LogP contribution in [0.3, 0.4) is 0 Å². The molecule has 3 aromatic rings. The van der Waals surface area contributed by atoms with Crippen LogP contribution in [0.5, 0.6) is 5.75 Å². The van der Waals surface area contributed by atoms with Crippen molar-refractivity contribution in [3.05, 3.63) is 70.4 Å². The summed E-state index contributed by atoms with van der Waals surface area (Å²) in [7, 11) is 1.59. The third-order valence-electron chi connectivity index (χ3n) is 6.30. The summed E-state index contributed by atoms with van der Waals surface area (Å²) in [4.78, 5) is 47.3. The topological polar surface area (TPSA) is 114 Å². The summed E-state index contributed by atoms with van der Waals surface area (Å²) in [5.74, 6) is 0.762. The van der Waals surface area contributed by atoms with Crippen LogP contribution in [-0.2, 0) is 16.1 Å². The number of benzene rings is 2. The Morgan fingerprint density at radius 2 is 2.03 bits per heavy atom. The molecule has 0 fully saturated rings. The number of carbonyl (C=O) groups is 3. The Morgan fingerprint density at radius 3 is 2.79 bits per heavy atom. The third-order valence-corrected chi connectivity index (χ3v) is 6.58. The van der Waals surface area contributed by atoms with Crippen molar-refractivity contribution >= 4 is 35.1 Å². The highest BCUT2D eigenvalue weighted by Gasteiger charge is 2.30. The lowest BCUT2D eigenvalue weighted by atomic mass is 10.0. The number of rotatable bonds is 11. The molecule has 4 rings (SSSR count). The van der Waals surface area contributed by atoms with Gasteiger partial charge in [-0.2, -0.15) is 0 Å². The maximum absolute atomic E-state index is 13.2. The number of hydrogen-bond donors (Lipinski definition) is 2. The molecule has 1 aliphatic rings. The normalized spacial score (nSPS) is 13.2. The molecule has 2 N–H and O–H groups in total. The largest absolute Gasteiger partial charge is 0.497 e. The fraction of sp³-hybridized carbons (Fsp3) is 0.321. The second-order valence-electron chi connectivity index (χ2n) is 9.22. The van der Waals surface area contributed by atoms with E-state index in [1.54, 1.807) is 20.1 Å². The van der Waals surface area contributed by atoms with Crippen LogP contribution in [0.15, 0.2) is 48.7 Å². The summed E-state index contributed by atoms with van der Waals surface area (Å²) < 4.78 is 5.26. The predicted octanol–water partition coefficient (Wildman–Crippen LogP) is 4.42. The van der Waals surface area contributed by atoms with E-state index in [9.17, 15) is 14.4 Å². The van der Waals surface area contributed by atoms with Crippen molar-refractivity contribution in [3.63, 3.8) is 0 Å². The van der Waals surface area contributed by atoms with Crippen LogP contribution in [0.25, 0.3) is 11.3 Å². The van der Waals surface area contributed by atoms with Gasteiger partial charge in [-0.15, -0.1) is 0 Å². The first-order chi connectivity index (χ1) is 18.2. The molecular weight excluding hydrogens is 506 g/mol. The number of aromatic nitrogens is 2. The summed E-state index contributed by atoms with van der Waals surface area (Å²) >= 11 is 6.38. The van der Waals surface area contributed by atoms with Crippen molar-refractivity contribution in [1.82, 2.24) is 20.2 Å². The lowest BCUT2D eigenvalue weighted by molar-refractivity contribution is -0.122. The lowest BCUT2D eigenvalue weighted by Gasteiger charge is -2.19. The first-order valence-electron chi connectivity index (χ1n) is 12.4.